The Kier molecular flexibility index (Phi) is 4.04. The average molecular weight is 330 g/mol. The highest BCUT2D eigenvalue weighted by molar-refractivity contribution is 9.10. The molecule has 0 aromatic heterocycles. The third-order valence-corrected chi connectivity index (χ3v) is 4.06. The number of hydrogen-bond donors (Lipinski definition) is 0. The van der Waals surface area contributed by atoms with Crippen LogP contribution in [-0.2, 0) is 4.79 Å². The third-order valence-electron chi connectivity index (χ3n) is 3.20. The van der Waals surface area contributed by atoms with Crippen LogP contribution in [0.3, 0.4) is 0 Å². The Labute approximate surface area is 119 Å². The summed E-state index contributed by atoms with van der Waals surface area (Å²) >= 11 is 3.41. The van der Waals surface area contributed by atoms with Crippen molar-refractivity contribution in [3.05, 3.63) is 39.9 Å². The number of carbonyl (C=O) groups excluding carboxylic acids is 1. The van der Waals surface area contributed by atoms with Gasteiger partial charge in [-0.05, 0) is 30.2 Å². The van der Waals surface area contributed by atoms with Gasteiger partial charge in [-0.25, -0.2) is 8.78 Å². The highest BCUT2D eigenvalue weighted by Gasteiger charge is 2.39. The summed E-state index contributed by atoms with van der Waals surface area (Å²) in [6, 6.07) is 5.66. The highest BCUT2D eigenvalue weighted by Crippen LogP contribution is 2.27. The lowest BCUT2D eigenvalue weighted by Gasteiger charge is -2.13. The van der Waals surface area contributed by atoms with E-state index in [4.69, 9.17) is 0 Å². The number of hydrogen-bond acceptors (Lipinski definition) is 1. The molecule has 5 heteroatoms. The zero-order valence-electron chi connectivity index (χ0n) is 10.5. The van der Waals surface area contributed by atoms with Crippen LogP contribution in [0, 0.1) is 6.92 Å². The SMILES string of the molecule is Cc1c(Br)cccc1/C=C/C(=O)N1CCC(F)(F)C1. The maximum Gasteiger partial charge on any atom is 0.267 e. The molecular formula is C14H14BrF2NO. The first-order valence-corrected chi connectivity index (χ1v) is 6.78. The molecule has 0 unspecified atom stereocenters. The first kappa shape index (κ1) is 14.2. The lowest BCUT2D eigenvalue weighted by atomic mass is 10.1. The number of nitrogens with zero attached hydrogens (tertiary/aromatic N) is 1. The molecule has 1 amide bonds. The van der Waals surface area contributed by atoms with E-state index in [2.05, 4.69) is 15.9 Å². The number of likely N-dealkylation sites (tertiary alicyclic amines) is 1. The van der Waals surface area contributed by atoms with Gasteiger partial charge in [0.1, 0.15) is 0 Å². The molecule has 102 valence electrons. The van der Waals surface area contributed by atoms with Crippen LogP contribution in [0.4, 0.5) is 8.78 Å². The van der Waals surface area contributed by atoms with E-state index in [9.17, 15) is 13.6 Å². The summed E-state index contributed by atoms with van der Waals surface area (Å²) < 4.78 is 27.0. The van der Waals surface area contributed by atoms with Crippen LogP contribution in [0.15, 0.2) is 28.7 Å². The van der Waals surface area contributed by atoms with Crippen LogP contribution in [-0.4, -0.2) is 29.8 Å². The number of benzene rings is 1. The quantitative estimate of drug-likeness (QED) is 0.758. The molecule has 0 aliphatic carbocycles. The van der Waals surface area contributed by atoms with Crippen molar-refractivity contribution >= 4 is 27.9 Å². The molecule has 0 radical (unpaired) electrons. The Bertz CT molecular complexity index is 528. The van der Waals surface area contributed by atoms with E-state index < -0.39 is 12.5 Å². The van der Waals surface area contributed by atoms with Crippen LogP contribution >= 0.6 is 15.9 Å². The Hall–Kier alpha value is -1.23. The second kappa shape index (κ2) is 5.41. The summed E-state index contributed by atoms with van der Waals surface area (Å²) in [5.41, 5.74) is 1.91. The minimum atomic E-state index is -2.74. The van der Waals surface area contributed by atoms with Crippen molar-refractivity contribution in [2.75, 3.05) is 13.1 Å². The number of amides is 1. The summed E-state index contributed by atoms with van der Waals surface area (Å²) in [4.78, 5) is 13.0. The van der Waals surface area contributed by atoms with Gasteiger partial charge >= 0.3 is 0 Å². The van der Waals surface area contributed by atoms with Crippen molar-refractivity contribution in [3.63, 3.8) is 0 Å². The van der Waals surface area contributed by atoms with Crippen molar-refractivity contribution in [1.82, 2.24) is 4.90 Å². The summed E-state index contributed by atoms with van der Waals surface area (Å²) in [7, 11) is 0. The number of carbonyl (C=O) groups is 1. The molecule has 2 nitrogen and oxygen atoms in total. The van der Waals surface area contributed by atoms with Gasteiger partial charge in [0.05, 0.1) is 6.54 Å². The Morgan fingerprint density at radius 2 is 2.21 bits per heavy atom. The van der Waals surface area contributed by atoms with E-state index in [-0.39, 0.29) is 18.9 Å². The van der Waals surface area contributed by atoms with Crippen molar-refractivity contribution in [3.8, 4) is 0 Å². The zero-order valence-corrected chi connectivity index (χ0v) is 12.1. The van der Waals surface area contributed by atoms with E-state index in [0.29, 0.717) is 0 Å². The maximum atomic E-state index is 13.0. The fourth-order valence-electron chi connectivity index (χ4n) is 2.00. The van der Waals surface area contributed by atoms with Gasteiger partial charge in [-0.2, -0.15) is 0 Å². The molecule has 0 N–H and O–H groups in total. The van der Waals surface area contributed by atoms with Gasteiger partial charge in [0.2, 0.25) is 5.91 Å². The largest absolute Gasteiger partial charge is 0.333 e. The predicted molar refractivity (Wildman–Crippen MR) is 74.1 cm³/mol. The Morgan fingerprint density at radius 3 is 2.84 bits per heavy atom. The van der Waals surface area contributed by atoms with Gasteiger partial charge in [-0.15, -0.1) is 0 Å². The van der Waals surface area contributed by atoms with Crippen LogP contribution in [0.2, 0.25) is 0 Å². The fourth-order valence-corrected chi connectivity index (χ4v) is 2.38. The van der Waals surface area contributed by atoms with Gasteiger partial charge in [0.25, 0.3) is 5.92 Å². The molecular weight excluding hydrogens is 316 g/mol. The third kappa shape index (κ3) is 3.41. The van der Waals surface area contributed by atoms with Crippen LogP contribution < -0.4 is 0 Å². The van der Waals surface area contributed by atoms with Gasteiger partial charge < -0.3 is 4.90 Å². The second-order valence-corrected chi connectivity index (χ2v) is 5.51. The fraction of sp³-hybridized carbons (Fsp3) is 0.357. The van der Waals surface area contributed by atoms with Gasteiger partial charge in [-0.1, -0.05) is 28.1 Å². The smallest absolute Gasteiger partial charge is 0.267 e. The molecule has 1 saturated heterocycles. The normalized spacial score (nSPS) is 18.2. The first-order chi connectivity index (χ1) is 8.89. The van der Waals surface area contributed by atoms with E-state index >= 15 is 0 Å². The molecule has 0 spiro atoms. The van der Waals surface area contributed by atoms with Crippen molar-refractivity contribution < 1.29 is 13.6 Å². The number of halogens is 3. The first-order valence-electron chi connectivity index (χ1n) is 5.99. The van der Waals surface area contributed by atoms with Gasteiger partial charge in [0.15, 0.2) is 0 Å². The summed E-state index contributed by atoms with van der Waals surface area (Å²) in [6.07, 6.45) is 2.78. The van der Waals surface area contributed by atoms with Gasteiger partial charge in [-0.3, -0.25) is 4.79 Å². The standard InChI is InChI=1S/C14H14BrF2NO/c1-10-11(3-2-4-12(10)15)5-6-13(19)18-8-7-14(16,17)9-18/h2-6H,7-9H2,1H3/b6-5+. The summed E-state index contributed by atoms with van der Waals surface area (Å²) in [5, 5.41) is 0. The van der Waals surface area contributed by atoms with Crippen molar-refractivity contribution in [2.24, 2.45) is 0 Å². The monoisotopic (exact) mass is 329 g/mol. The second-order valence-electron chi connectivity index (χ2n) is 4.65. The molecule has 1 heterocycles. The molecule has 1 aromatic carbocycles. The Balaban J connectivity index is 2.07. The molecule has 19 heavy (non-hydrogen) atoms. The number of rotatable bonds is 2. The molecule has 2 rings (SSSR count). The van der Waals surface area contributed by atoms with E-state index in [1.807, 2.05) is 25.1 Å². The molecule has 1 fully saturated rings. The predicted octanol–water partition coefficient (Wildman–Crippen LogP) is 3.64. The lowest BCUT2D eigenvalue weighted by molar-refractivity contribution is -0.126. The highest BCUT2D eigenvalue weighted by atomic mass is 79.9. The lowest BCUT2D eigenvalue weighted by Crippen LogP contribution is -2.29. The molecule has 1 aliphatic heterocycles. The zero-order chi connectivity index (χ0) is 14.0. The number of alkyl halides is 2. The van der Waals surface area contributed by atoms with Crippen molar-refractivity contribution in [1.29, 1.82) is 0 Å². The minimum absolute atomic E-state index is 0.119. The average Bonchev–Trinajstić information content (AvgIpc) is 2.71. The Morgan fingerprint density at radius 1 is 1.47 bits per heavy atom. The molecule has 0 bridgehead atoms. The summed E-state index contributed by atoms with van der Waals surface area (Å²) in [5.74, 6) is -3.11. The van der Waals surface area contributed by atoms with Crippen molar-refractivity contribution in [2.45, 2.75) is 19.3 Å². The molecule has 1 aliphatic rings. The molecule has 1 aromatic rings. The topological polar surface area (TPSA) is 20.3 Å². The maximum absolute atomic E-state index is 13.0. The van der Waals surface area contributed by atoms with E-state index in [0.717, 1.165) is 15.6 Å². The van der Waals surface area contributed by atoms with E-state index in [1.54, 1.807) is 6.08 Å². The molecule has 0 saturated carbocycles. The van der Waals surface area contributed by atoms with E-state index in [1.165, 1.54) is 11.0 Å². The summed E-state index contributed by atoms with van der Waals surface area (Å²) in [6.45, 7) is 1.57. The van der Waals surface area contributed by atoms with Crippen LogP contribution in [0.5, 0.6) is 0 Å². The van der Waals surface area contributed by atoms with Crippen LogP contribution in [0.1, 0.15) is 17.5 Å². The van der Waals surface area contributed by atoms with Gasteiger partial charge in [0, 0.05) is 23.5 Å². The van der Waals surface area contributed by atoms with Crippen LogP contribution in [0.25, 0.3) is 6.08 Å². The minimum Gasteiger partial charge on any atom is -0.333 e. The molecule has 0 atom stereocenters.